The van der Waals surface area contributed by atoms with Crippen molar-refractivity contribution < 1.29 is 8.42 Å². The summed E-state index contributed by atoms with van der Waals surface area (Å²) in [6.07, 6.45) is 1.73. The lowest BCUT2D eigenvalue weighted by molar-refractivity contribution is 0.603. The zero-order valence-corrected chi connectivity index (χ0v) is 19.5. The molecule has 0 bridgehead atoms. The number of nitrogens with one attached hydrogen (secondary N) is 3. The average molecular weight is 487 g/mol. The molecular weight excluding hydrogens is 468 g/mol. The van der Waals surface area contributed by atoms with Crippen LogP contribution in [-0.2, 0) is 10.0 Å². The lowest BCUT2D eigenvalue weighted by atomic mass is 10.3. The highest BCUT2D eigenvalue weighted by Crippen LogP contribution is 2.28. The van der Waals surface area contributed by atoms with Gasteiger partial charge >= 0.3 is 0 Å². The Bertz CT molecular complexity index is 1360. The van der Waals surface area contributed by atoms with Gasteiger partial charge in [0.25, 0.3) is 10.0 Å². The molecule has 3 N–H and O–H groups in total. The standard InChI is InChI=1S/C21H19ClN6O2S2/c1-13-9-10-23-18(11-13)27-20-12-19(24-14(2)25-20)26-15-3-5-16(6-4-15)28-32(29,30)21-8-7-17(22)31-21/h3-12,28H,1-2H3,(H2,23,24,25,26,27). The normalized spacial score (nSPS) is 11.2. The summed E-state index contributed by atoms with van der Waals surface area (Å²) in [7, 11) is -3.68. The van der Waals surface area contributed by atoms with Crippen LogP contribution in [-0.4, -0.2) is 23.4 Å². The number of aryl methyl sites for hydroxylation is 2. The van der Waals surface area contributed by atoms with E-state index in [0.29, 0.717) is 33.3 Å². The largest absolute Gasteiger partial charge is 0.340 e. The number of anilines is 5. The van der Waals surface area contributed by atoms with Gasteiger partial charge in [-0.05, 0) is 67.9 Å². The molecule has 0 spiro atoms. The number of thiophene rings is 1. The van der Waals surface area contributed by atoms with E-state index in [0.717, 1.165) is 22.6 Å². The van der Waals surface area contributed by atoms with Gasteiger partial charge in [-0.25, -0.2) is 23.4 Å². The van der Waals surface area contributed by atoms with Crippen LogP contribution in [0.2, 0.25) is 4.34 Å². The Kier molecular flexibility index (Phi) is 6.26. The Morgan fingerprint density at radius 1 is 0.844 bits per heavy atom. The third-order valence-electron chi connectivity index (χ3n) is 4.23. The molecule has 4 aromatic rings. The molecule has 3 heterocycles. The Morgan fingerprint density at radius 2 is 1.53 bits per heavy atom. The van der Waals surface area contributed by atoms with Gasteiger partial charge in [0, 0.05) is 23.6 Å². The first-order chi connectivity index (χ1) is 15.3. The molecule has 0 radical (unpaired) electrons. The van der Waals surface area contributed by atoms with Crippen molar-refractivity contribution in [1.82, 2.24) is 15.0 Å². The molecule has 0 unspecified atom stereocenters. The highest BCUT2D eigenvalue weighted by molar-refractivity contribution is 7.94. The van der Waals surface area contributed by atoms with E-state index in [2.05, 4.69) is 30.3 Å². The number of sulfonamides is 1. The second-order valence-electron chi connectivity index (χ2n) is 6.90. The van der Waals surface area contributed by atoms with Gasteiger partial charge < -0.3 is 10.6 Å². The van der Waals surface area contributed by atoms with Crippen molar-refractivity contribution in [2.24, 2.45) is 0 Å². The summed E-state index contributed by atoms with van der Waals surface area (Å²) in [4.78, 5) is 13.1. The summed E-state index contributed by atoms with van der Waals surface area (Å²) >= 11 is 6.84. The third kappa shape index (κ3) is 5.52. The summed E-state index contributed by atoms with van der Waals surface area (Å²) in [5.74, 6) is 2.48. The van der Waals surface area contributed by atoms with Gasteiger partial charge in [0.05, 0.1) is 4.34 Å². The van der Waals surface area contributed by atoms with Crippen LogP contribution in [0.25, 0.3) is 0 Å². The van der Waals surface area contributed by atoms with Gasteiger partial charge in [-0.3, -0.25) is 4.72 Å². The number of hydrogen-bond acceptors (Lipinski definition) is 8. The predicted octanol–water partition coefficient (Wildman–Crippen LogP) is 5.49. The van der Waals surface area contributed by atoms with Crippen molar-refractivity contribution in [3.8, 4) is 0 Å². The van der Waals surface area contributed by atoms with Crippen molar-refractivity contribution in [3.63, 3.8) is 0 Å². The van der Waals surface area contributed by atoms with Gasteiger partial charge in [0.2, 0.25) is 0 Å². The quantitative estimate of drug-likeness (QED) is 0.317. The molecule has 164 valence electrons. The predicted molar refractivity (Wildman–Crippen MR) is 129 cm³/mol. The summed E-state index contributed by atoms with van der Waals surface area (Å²) in [5, 5.41) is 6.38. The lowest BCUT2D eigenvalue weighted by Crippen LogP contribution is -2.11. The van der Waals surface area contributed by atoms with Crippen LogP contribution in [0.15, 0.2) is 65.0 Å². The first-order valence-electron chi connectivity index (χ1n) is 9.47. The van der Waals surface area contributed by atoms with E-state index >= 15 is 0 Å². The molecule has 11 heteroatoms. The molecule has 1 aromatic carbocycles. The number of benzene rings is 1. The number of rotatable bonds is 7. The molecule has 0 aliphatic rings. The number of nitrogens with zero attached hydrogens (tertiary/aromatic N) is 3. The molecular formula is C21H19ClN6O2S2. The Labute approximate surface area is 194 Å². The molecule has 0 aliphatic carbocycles. The van der Waals surface area contributed by atoms with E-state index in [9.17, 15) is 8.42 Å². The zero-order valence-electron chi connectivity index (χ0n) is 17.1. The van der Waals surface area contributed by atoms with Crippen molar-refractivity contribution in [3.05, 3.63) is 76.5 Å². The lowest BCUT2D eigenvalue weighted by Gasteiger charge is -2.11. The molecule has 3 aromatic heterocycles. The number of hydrogen-bond donors (Lipinski definition) is 3. The summed E-state index contributed by atoms with van der Waals surface area (Å²) in [6, 6.07) is 15.5. The topological polar surface area (TPSA) is 109 Å². The van der Waals surface area contributed by atoms with Crippen LogP contribution in [0.4, 0.5) is 28.8 Å². The van der Waals surface area contributed by atoms with Crippen LogP contribution in [0.1, 0.15) is 11.4 Å². The Morgan fingerprint density at radius 3 is 2.19 bits per heavy atom. The van der Waals surface area contributed by atoms with Gasteiger partial charge in [-0.2, -0.15) is 0 Å². The van der Waals surface area contributed by atoms with E-state index < -0.39 is 10.0 Å². The second-order valence-corrected chi connectivity index (χ2v) is 10.5. The highest BCUT2D eigenvalue weighted by Gasteiger charge is 2.16. The van der Waals surface area contributed by atoms with Crippen molar-refractivity contribution in [2.75, 3.05) is 15.4 Å². The number of pyridine rings is 1. The van der Waals surface area contributed by atoms with E-state index in [1.54, 1.807) is 49.5 Å². The SMILES string of the molecule is Cc1ccnc(Nc2cc(Nc3ccc(NS(=O)(=O)c4ccc(Cl)s4)cc3)nc(C)n2)c1. The second kappa shape index (κ2) is 9.11. The fourth-order valence-electron chi connectivity index (χ4n) is 2.85. The zero-order chi connectivity index (χ0) is 22.7. The minimum Gasteiger partial charge on any atom is -0.340 e. The van der Waals surface area contributed by atoms with Crippen molar-refractivity contribution in [2.45, 2.75) is 18.1 Å². The van der Waals surface area contributed by atoms with E-state index in [1.165, 1.54) is 6.07 Å². The monoisotopic (exact) mass is 486 g/mol. The maximum atomic E-state index is 12.4. The fourth-order valence-corrected chi connectivity index (χ4v) is 5.39. The minimum atomic E-state index is -3.68. The van der Waals surface area contributed by atoms with Crippen LogP contribution in [0, 0.1) is 13.8 Å². The van der Waals surface area contributed by atoms with Crippen LogP contribution in [0.5, 0.6) is 0 Å². The van der Waals surface area contributed by atoms with Gasteiger partial charge in [-0.15, -0.1) is 11.3 Å². The minimum absolute atomic E-state index is 0.157. The molecule has 0 saturated carbocycles. The summed E-state index contributed by atoms with van der Waals surface area (Å²) < 4.78 is 28.0. The molecule has 0 amide bonds. The Hall–Kier alpha value is -3.21. The molecule has 8 nitrogen and oxygen atoms in total. The van der Waals surface area contributed by atoms with Crippen molar-refractivity contribution >= 4 is 61.8 Å². The molecule has 0 fully saturated rings. The van der Waals surface area contributed by atoms with Gasteiger partial charge in [0.15, 0.2) is 0 Å². The number of halogens is 1. The molecule has 0 atom stereocenters. The maximum Gasteiger partial charge on any atom is 0.271 e. The van der Waals surface area contributed by atoms with Gasteiger partial charge in [0.1, 0.15) is 27.5 Å². The third-order valence-corrected chi connectivity index (χ3v) is 7.34. The maximum absolute atomic E-state index is 12.4. The smallest absolute Gasteiger partial charge is 0.271 e. The van der Waals surface area contributed by atoms with Crippen LogP contribution < -0.4 is 15.4 Å². The Balaban J connectivity index is 1.47. The molecule has 32 heavy (non-hydrogen) atoms. The fraction of sp³-hybridized carbons (Fsp3) is 0.0952. The average Bonchev–Trinajstić information content (AvgIpc) is 3.16. The van der Waals surface area contributed by atoms with Crippen LogP contribution >= 0.6 is 22.9 Å². The highest BCUT2D eigenvalue weighted by atomic mass is 35.5. The van der Waals surface area contributed by atoms with Crippen LogP contribution in [0.3, 0.4) is 0 Å². The number of aromatic nitrogens is 3. The van der Waals surface area contributed by atoms with E-state index in [1.807, 2.05) is 19.1 Å². The van der Waals surface area contributed by atoms with Crippen molar-refractivity contribution in [1.29, 1.82) is 0 Å². The van der Waals surface area contributed by atoms with Gasteiger partial charge in [-0.1, -0.05) is 11.6 Å². The summed E-state index contributed by atoms with van der Waals surface area (Å²) in [5.41, 5.74) is 2.26. The molecule has 4 rings (SSSR count). The molecule has 0 aliphatic heterocycles. The van der Waals surface area contributed by atoms with E-state index in [-0.39, 0.29) is 4.21 Å². The summed E-state index contributed by atoms with van der Waals surface area (Å²) in [6.45, 7) is 3.79. The first kappa shape index (κ1) is 22.0. The first-order valence-corrected chi connectivity index (χ1v) is 12.2. The molecule has 0 saturated heterocycles. The van der Waals surface area contributed by atoms with E-state index in [4.69, 9.17) is 11.6 Å².